The molecular formula is C14H21NO2. The van der Waals surface area contributed by atoms with Crippen LogP contribution in [0.3, 0.4) is 0 Å². The van der Waals surface area contributed by atoms with Crippen LogP contribution in [0.15, 0.2) is 24.3 Å². The number of hydrogen-bond acceptors (Lipinski definition) is 2. The number of hydrogen-bond donors (Lipinski definition) is 2. The average molecular weight is 235 g/mol. The first-order valence-corrected chi connectivity index (χ1v) is 6.10. The SMILES string of the molecule is CCC(C)C(C)NC(=O)Cc1cccc(O)c1. The van der Waals surface area contributed by atoms with Crippen molar-refractivity contribution in [3.63, 3.8) is 0 Å². The highest BCUT2D eigenvalue weighted by Gasteiger charge is 2.13. The predicted octanol–water partition coefficient (Wildman–Crippen LogP) is 2.49. The fourth-order valence-corrected chi connectivity index (χ4v) is 1.65. The van der Waals surface area contributed by atoms with E-state index in [0.29, 0.717) is 12.3 Å². The highest BCUT2D eigenvalue weighted by molar-refractivity contribution is 5.78. The molecule has 3 nitrogen and oxygen atoms in total. The first-order valence-electron chi connectivity index (χ1n) is 6.10. The Labute approximate surface area is 103 Å². The summed E-state index contributed by atoms with van der Waals surface area (Å²) in [5.74, 6) is 0.678. The Morgan fingerprint density at radius 1 is 1.41 bits per heavy atom. The van der Waals surface area contributed by atoms with E-state index in [1.54, 1.807) is 18.2 Å². The van der Waals surface area contributed by atoms with Crippen LogP contribution in [0, 0.1) is 5.92 Å². The van der Waals surface area contributed by atoms with E-state index in [2.05, 4.69) is 19.2 Å². The Morgan fingerprint density at radius 2 is 2.12 bits per heavy atom. The van der Waals surface area contributed by atoms with Crippen LogP contribution < -0.4 is 5.32 Å². The topological polar surface area (TPSA) is 49.3 Å². The maximum absolute atomic E-state index is 11.8. The molecule has 0 heterocycles. The van der Waals surface area contributed by atoms with Crippen molar-refractivity contribution in [2.24, 2.45) is 5.92 Å². The Morgan fingerprint density at radius 3 is 2.71 bits per heavy atom. The minimum Gasteiger partial charge on any atom is -0.508 e. The first-order chi connectivity index (χ1) is 8.02. The molecule has 0 saturated carbocycles. The van der Waals surface area contributed by atoms with E-state index >= 15 is 0 Å². The first kappa shape index (κ1) is 13.6. The summed E-state index contributed by atoms with van der Waals surface area (Å²) in [6.45, 7) is 6.26. The molecule has 1 rings (SSSR count). The van der Waals surface area contributed by atoms with E-state index in [1.165, 1.54) is 0 Å². The second-order valence-electron chi connectivity index (χ2n) is 4.59. The van der Waals surface area contributed by atoms with E-state index < -0.39 is 0 Å². The van der Waals surface area contributed by atoms with Crippen LogP contribution in [0.2, 0.25) is 0 Å². The molecule has 0 aliphatic heterocycles. The van der Waals surface area contributed by atoms with Crippen molar-refractivity contribution >= 4 is 5.91 Å². The van der Waals surface area contributed by atoms with Crippen molar-refractivity contribution in [2.75, 3.05) is 0 Å². The quantitative estimate of drug-likeness (QED) is 0.823. The largest absolute Gasteiger partial charge is 0.508 e. The van der Waals surface area contributed by atoms with Gasteiger partial charge in [-0.3, -0.25) is 4.79 Å². The number of benzene rings is 1. The summed E-state index contributed by atoms with van der Waals surface area (Å²) in [5.41, 5.74) is 0.832. The highest BCUT2D eigenvalue weighted by Crippen LogP contribution is 2.12. The maximum atomic E-state index is 11.8. The van der Waals surface area contributed by atoms with E-state index in [9.17, 15) is 9.90 Å². The molecular weight excluding hydrogens is 214 g/mol. The standard InChI is InChI=1S/C14H21NO2/c1-4-10(2)11(3)15-14(17)9-12-6-5-7-13(16)8-12/h5-8,10-11,16H,4,9H2,1-3H3,(H,15,17). The van der Waals surface area contributed by atoms with Crippen LogP contribution in [0.1, 0.15) is 32.8 Å². The van der Waals surface area contributed by atoms with Crippen LogP contribution in [-0.2, 0) is 11.2 Å². The molecule has 17 heavy (non-hydrogen) atoms. The zero-order chi connectivity index (χ0) is 12.8. The number of phenolic OH excluding ortho intramolecular Hbond substituents is 1. The Bertz CT molecular complexity index is 376. The summed E-state index contributed by atoms with van der Waals surface area (Å²) in [7, 11) is 0. The van der Waals surface area contributed by atoms with Crippen molar-refractivity contribution in [1.82, 2.24) is 5.32 Å². The van der Waals surface area contributed by atoms with E-state index in [-0.39, 0.29) is 17.7 Å². The smallest absolute Gasteiger partial charge is 0.224 e. The van der Waals surface area contributed by atoms with Crippen molar-refractivity contribution in [3.05, 3.63) is 29.8 Å². The molecule has 2 unspecified atom stereocenters. The van der Waals surface area contributed by atoms with Gasteiger partial charge in [0.25, 0.3) is 0 Å². The normalized spacial score (nSPS) is 14.1. The molecule has 0 fully saturated rings. The van der Waals surface area contributed by atoms with Gasteiger partial charge in [0.15, 0.2) is 0 Å². The van der Waals surface area contributed by atoms with Crippen LogP contribution in [0.4, 0.5) is 0 Å². The Kier molecular flexibility index (Phi) is 5.01. The van der Waals surface area contributed by atoms with Crippen LogP contribution in [0.5, 0.6) is 5.75 Å². The molecule has 1 aromatic rings. The lowest BCUT2D eigenvalue weighted by molar-refractivity contribution is -0.121. The molecule has 0 aromatic heterocycles. The van der Waals surface area contributed by atoms with Gasteiger partial charge in [0.2, 0.25) is 5.91 Å². The molecule has 2 N–H and O–H groups in total. The third-order valence-corrected chi connectivity index (χ3v) is 3.16. The molecule has 1 aromatic carbocycles. The molecule has 0 spiro atoms. The van der Waals surface area contributed by atoms with Crippen LogP contribution >= 0.6 is 0 Å². The molecule has 0 saturated heterocycles. The highest BCUT2D eigenvalue weighted by atomic mass is 16.3. The molecule has 1 amide bonds. The monoisotopic (exact) mass is 235 g/mol. The lowest BCUT2D eigenvalue weighted by atomic mass is 10.0. The summed E-state index contributed by atoms with van der Waals surface area (Å²) in [5, 5.41) is 12.3. The fourth-order valence-electron chi connectivity index (χ4n) is 1.65. The van der Waals surface area contributed by atoms with Gasteiger partial charge >= 0.3 is 0 Å². The summed E-state index contributed by atoms with van der Waals surface area (Å²) in [6.07, 6.45) is 1.36. The molecule has 94 valence electrons. The summed E-state index contributed by atoms with van der Waals surface area (Å²) < 4.78 is 0. The second kappa shape index (κ2) is 6.28. The minimum absolute atomic E-state index is 0.00315. The van der Waals surface area contributed by atoms with E-state index in [0.717, 1.165) is 12.0 Å². The second-order valence-corrected chi connectivity index (χ2v) is 4.59. The third kappa shape index (κ3) is 4.47. The number of phenols is 1. The minimum atomic E-state index is 0.00315. The zero-order valence-electron chi connectivity index (χ0n) is 10.7. The Balaban J connectivity index is 2.50. The Hall–Kier alpha value is -1.51. The lowest BCUT2D eigenvalue weighted by Crippen LogP contribution is -2.37. The van der Waals surface area contributed by atoms with Crippen molar-refractivity contribution in [2.45, 2.75) is 39.7 Å². The average Bonchev–Trinajstić information content (AvgIpc) is 2.27. The number of rotatable bonds is 5. The number of carbonyl (C=O) groups is 1. The van der Waals surface area contributed by atoms with Crippen molar-refractivity contribution < 1.29 is 9.90 Å². The van der Waals surface area contributed by atoms with Gasteiger partial charge in [-0.05, 0) is 30.5 Å². The fraction of sp³-hybridized carbons (Fsp3) is 0.500. The summed E-state index contributed by atoms with van der Waals surface area (Å²) in [4.78, 5) is 11.8. The van der Waals surface area contributed by atoms with Gasteiger partial charge < -0.3 is 10.4 Å². The van der Waals surface area contributed by atoms with E-state index in [4.69, 9.17) is 0 Å². The number of amides is 1. The van der Waals surface area contributed by atoms with Gasteiger partial charge in [-0.15, -0.1) is 0 Å². The van der Waals surface area contributed by atoms with Crippen LogP contribution in [0.25, 0.3) is 0 Å². The van der Waals surface area contributed by atoms with Gasteiger partial charge in [-0.1, -0.05) is 32.4 Å². The zero-order valence-corrected chi connectivity index (χ0v) is 10.7. The number of carbonyl (C=O) groups excluding carboxylic acids is 1. The maximum Gasteiger partial charge on any atom is 0.224 e. The van der Waals surface area contributed by atoms with Gasteiger partial charge in [0.05, 0.1) is 6.42 Å². The van der Waals surface area contributed by atoms with Gasteiger partial charge in [-0.25, -0.2) is 0 Å². The number of nitrogens with one attached hydrogen (secondary N) is 1. The van der Waals surface area contributed by atoms with E-state index in [1.807, 2.05) is 13.0 Å². The summed E-state index contributed by atoms with van der Waals surface area (Å²) >= 11 is 0. The third-order valence-electron chi connectivity index (χ3n) is 3.16. The molecule has 0 aliphatic carbocycles. The van der Waals surface area contributed by atoms with Gasteiger partial charge in [-0.2, -0.15) is 0 Å². The lowest BCUT2D eigenvalue weighted by Gasteiger charge is -2.19. The van der Waals surface area contributed by atoms with Gasteiger partial charge in [0.1, 0.15) is 5.75 Å². The molecule has 0 bridgehead atoms. The van der Waals surface area contributed by atoms with Crippen molar-refractivity contribution in [1.29, 1.82) is 0 Å². The molecule has 3 heteroatoms. The van der Waals surface area contributed by atoms with Crippen molar-refractivity contribution in [3.8, 4) is 5.75 Å². The molecule has 0 aliphatic rings. The summed E-state index contributed by atoms with van der Waals surface area (Å²) in [6, 6.07) is 6.99. The predicted molar refractivity (Wildman–Crippen MR) is 68.9 cm³/mol. The van der Waals surface area contributed by atoms with Crippen LogP contribution in [-0.4, -0.2) is 17.1 Å². The molecule has 2 atom stereocenters. The molecule has 0 radical (unpaired) electrons. The van der Waals surface area contributed by atoms with Gasteiger partial charge in [0, 0.05) is 6.04 Å². The number of aromatic hydroxyl groups is 1.